The summed E-state index contributed by atoms with van der Waals surface area (Å²) >= 11 is 0. The topological polar surface area (TPSA) is 98.3 Å². The lowest BCUT2D eigenvalue weighted by Crippen LogP contribution is -2.46. The summed E-state index contributed by atoms with van der Waals surface area (Å²) in [4.78, 5) is 31.6. The van der Waals surface area contributed by atoms with Gasteiger partial charge in [0.05, 0.1) is 18.6 Å². The predicted molar refractivity (Wildman–Crippen MR) is 76.5 cm³/mol. The second-order valence-electron chi connectivity index (χ2n) is 5.66. The number of nitrogens with one attached hydrogen (secondary N) is 2. The van der Waals surface area contributed by atoms with Crippen LogP contribution in [0, 0.1) is 11.8 Å². The van der Waals surface area contributed by atoms with E-state index in [0.29, 0.717) is 13.1 Å². The first-order chi connectivity index (χ1) is 10.1. The first-order valence-corrected chi connectivity index (χ1v) is 7.28. The Hall–Kier alpha value is -2.05. The summed E-state index contributed by atoms with van der Waals surface area (Å²) in [6, 6.07) is -0.100. The van der Waals surface area contributed by atoms with Gasteiger partial charge in [-0.3, -0.25) is 4.79 Å². The van der Waals surface area contributed by atoms with Crippen LogP contribution in [0.3, 0.4) is 0 Å². The van der Waals surface area contributed by atoms with E-state index in [-0.39, 0.29) is 24.3 Å². The molecule has 0 saturated carbocycles. The van der Waals surface area contributed by atoms with E-state index < -0.39 is 5.97 Å². The molecule has 2 unspecified atom stereocenters. The van der Waals surface area contributed by atoms with Gasteiger partial charge in [-0.25, -0.2) is 9.78 Å². The molecule has 3 N–H and O–H groups in total. The minimum atomic E-state index is -0.775. The molecule has 116 valence electrons. The maximum atomic E-state index is 12.1. The lowest BCUT2D eigenvalue weighted by molar-refractivity contribution is -0.138. The number of rotatable bonds is 5. The van der Waals surface area contributed by atoms with Crippen LogP contribution in [0.5, 0.6) is 0 Å². The molecule has 0 aliphatic carbocycles. The van der Waals surface area contributed by atoms with Gasteiger partial charge in [0.1, 0.15) is 0 Å². The number of aromatic nitrogens is 2. The fourth-order valence-electron chi connectivity index (χ4n) is 2.77. The minimum Gasteiger partial charge on any atom is -0.481 e. The van der Waals surface area contributed by atoms with Crippen LogP contribution in [0.25, 0.3) is 0 Å². The highest BCUT2D eigenvalue weighted by atomic mass is 16.4. The molecular formula is C14H22N4O3. The van der Waals surface area contributed by atoms with Crippen molar-refractivity contribution in [2.75, 3.05) is 13.1 Å². The Labute approximate surface area is 123 Å². The number of hydrogen-bond donors (Lipinski definition) is 3. The number of hydrogen-bond acceptors (Lipinski definition) is 3. The monoisotopic (exact) mass is 294 g/mol. The number of imidazole rings is 1. The minimum absolute atomic E-state index is 0.0886. The van der Waals surface area contributed by atoms with E-state index in [1.165, 1.54) is 0 Å². The Kier molecular flexibility index (Phi) is 5.19. The molecule has 0 bridgehead atoms. The van der Waals surface area contributed by atoms with Gasteiger partial charge in [-0.2, -0.15) is 0 Å². The van der Waals surface area contributed by atoms with Crippen LogP contribution in [-0.2, 0) is 11.3 Å². The van der Waals surface area contributed by atoms with Crippen molar-refractivity contribution >= 4 is 12.0 Å². The van der Waals surface area contributed by atoms with Crippen molar-refractivity contribution in [2.45, 2.75) is 32.7 Å². The van der Waals surface area contributed by atoms with Crippen LogP contribution >= 0.6 is 0 Å². The molecule has 1 aromatic heterocycles. The Morgan fingerprint density at radius 3 is 3.10 bits per heavy atom. The molecule has 2 atom stereocenters. The molecule has 2 rings (SSSR count). The molecule has 2 heterocycles. The van der Waals surface area contributed by atoms with Crippen molar-refractivity contribution < 1.29 is 14.7 Å². The molecule has 0 radical (unpaired) electrons. The fourth-order valence-corrected chi connectivity index (χ4v) is 2.77. The van der Waals surface area contributed by atoms with Crippen molar-refractivity contribution in [3.63, 3.8) is 0 Å². The Morgan fingerprint density at radius 1 is 1.62 bits per heavy atom. The number of piperidine rings is 1. The Morgan fingerprint density at radius 2 is 2.43 bits per heavy atom. The van der Waals surface area contributed by atoms with Crippen molar-refractivity contribution in [3.05, 3.63) is 18.2 Å². The lowest BCUT2D eigenvalue weighted by atomic mass is 9.85. The van der Waals surface area contributed by atoms with E-state index in [9.17, 15) is 9.59 Å². The number of urea groups is 1. The standard InChI is InChI=1S/C14H22N4O3/c1-10(5-13(19)20)11-3-2-4-18(8-11)14(21)16-7-12-6-15-9-17-12/h6,9-11H,2-5,7-8H2,1H3,(H,15,17)(H,16,21)(H,19,20). The largest absolute Gasteiger partial charge is 0.481 e. The van der Waals surface area contributed by atoms with Crippen molar-refractivity contribution in [2.24, 2.45) is 11.8 Å². The maximum absolute atomic E-state index is 12.1. The van der Waals surface area contributed by atoms with Gasteiger partial charge >= 0.3 is 12.0 Å². The van der Waals surface area contributed by atoms with Crippen LogP contribution in [0.15, 0.2) is 12.5 Å². The van der Waals surface area contributed by atoms with Gasteiger partial charge in [-0.1, -0.05) is 6.92 Å². The van der Waals surface area contributed by atoms with E-state index in [1.54, 1.807) is 17.4 Å². The third kappa shape index (κ3) is 4.47. The second-order valence-corrected chi connectivity index (χ2v) is 5.66. The van der Waals surface area contributed by atoms with E-state index in [1.807, 2.05) is 6.92 Å². The number of nitrogens with zero attached hydrogens (tertiary/aromatic N) is 2. The molecule has 1 fully saturated rings. The molecule has 2 amide bonds. The lowest BCUT2D eigenvalue weighted by Gasteiger charge is -2.35. The number of carbonyl (C=O) groups is 2. The number of carboxylic acid groups (broad SMARTS) is 1. The summed E-state index contributed by atoms with van der Waals surface area (Å²) in [6.45, 7) is 3.73. The molecule has 1 aliphatic rings. The molecule has 1 aromatic rings. The van der Waals surface area contributed by atoms with Crippen LogP contribution in [0.1, 0.15) is 31.9 Å². The molecule has 21 heavy (non-hydrogen) atoms. The zero-order valence-corrected chi connectivity index (χ0v) is 12.2. The third-order valence-corrected chi connectivity index (χ3v) is 4.03. The summed E-state index contributed by atoms with van der Waals surface area (Å²) in [6.07, 6.45) is 5.32. The smallest absolute Gasteiger partial charge is 0.317 e. The Bertz CT molecular complexity index is 475. The number of aromatic amines is 1. The maximum Gasteiger partial charge on any atom is 0.317 e. The summed E-state index contributed by atoms with van der Waals surface area (Å²) in [5.74, 6) is -0.429. The molecule has 0 spiro atoms. The molecule has 1 aliphatic heterocycles. The molecule has 7 heteroatoms. The summed E-state index contributed by atoms with van der Waals surface area (Å²) in [7, 11) is 0. The van der Waals surface area contributed by atoms with Gasteiger partial charge in [0.15, 0.2) is 0 Å². The third-order valence-electron chi connectivity index (χ3n) is 4.03. The number of carbonyl (C=O) groups excluding carboxylic acids is 1. The van der Waals surface area contributed by atoms with Crippen molar-refractivity contribution in [1.82, 2.24) is 20.2 Å². The SMILES string of the molecule is CC(CC(=O)O)C1CCCN(C(=O)NCc2cnc[nH]2)C1. The highest BCUT2D eigenvalue weighted by Crippen LogP contribution is 2.26. The zero-order valence-electron chi connectivity index (χ0n) is 12.2. The van der Waals surface area contributed by atoms with Crippen molar-refractivity contribution in [3.8, 4) is 0 Å². The van der Waals surface area contributed by atoms with E-state index in [4.69, 9.17) is 5.11 Å². The highest BCUT2D eigenvalue weighted by molar-refractivity contribution is 5.74. The van der Waals surface area contributed by atoms with Crippen LogP contribution in [0.2, 0.25) is 0 Å². The Balaban J connectivity index is 1.82. The number of aliphatic carboxylic acids is 1. The summed E-state index contributed by atoms with van der Waals surface area (Å²) < 4.78 is 0. The van der Waals surface area contributed by atoms with Gasteiger partial charge in [-0.15, -0.1) is 0 Å². The summed E-state index contributed by atoms with van der Waals surface area (Å²) in [5.41, 5.74) is 0.858. The van der Waals surface area contributed by atoms with Crippen LogP contribution in [0.4, 0.5) is 4.79 Å². The van der Waals surface area contributed by atoms with Gasteiger partial charge < -0.3 is 20.3 Å². The van der Waals surface area contributed by atoms with E-state index in [2.05, 4.69) is 15.3 Å². The average Bonchev–Trinajstić information content (AvgIpc) is 2.97. The number of likely N-dealkylation sites (tertiary alicyclic amines) is 1. The molecule has 0 aromatic carbocycles. The zero-order chi connectivity index (χ0) is 15.2. The average molecular weight is 294 g/mol. The van der Waals surface area contributed by atoms with E-state index in [0.717, 1.165) is 25.1 Å². The number of carboxylic acids is 1. The van der Waals surface area contributed by atoms with Crippen LogP contribution < -0.4 is 5.32 Å². The molecule has 7 nitrogen and oxygen atoms in total. The van der Waals surface area contributed by atoms with E-state index >= 15 is 0 Å². The number of H-pyrrole nitrogens is 1. The quantitative estimate of drug-likeness (QED) is 0.765. The summed E-state index contributed by atoms with van der Waals surface area (Å²) in [5, 5.41) is 11.7. The predicted octanol–water partition coefficient (Wildman–Crippen LogP) is 1.44. The van der Waals surface area contributed by atoms with Gasteiger partial charge in [0.2, 0.25) is 0 Å². The molecule has 1 saturated heterocycles. The number of amides is 2. The van der Waals surface area contributed by atoms with Gasteiger partial charge in [-0.05, 0) is 24.7 Å². The van der Waals surface area contributed by atoms with Gasteiger partial charge in [0, 0.05) is 25.7 Å². The first-order valence-electron chi connectivity index (χ1n) is 7.28. The van der Waals surface area contributed by atoms with Crippen LogP contribution in [-0.4, -0.2) is 45.1 Å². The normalized spacial score (nSPS) is 20.0. The van der Waals surface area contributed by atoms with Gasteiger partial charge in [0.25, 0.3) is 0 Å². The fraction of sp³-hybridized carbons (Fsp3) is 0.643. The highest BCUT2D eigenvalue weighted by Gasteiger charge is 2.28. The second kappa shape index (κ2) is 7.10. The molecular weight excluding hydrogens is 272 g/mol. The van der Waals surface area contributed by atoms with Crippen molar-refractivity contribution in [1.29, 1.82) is 0 Å². The first kappa shape index (κ1) is 15.3.